The standard InChI is InChI=1S/C16H16N4O3S2/c1-8-3-4-10(9(2)5-8)11(21)6-12-14(22)18-15(25-12)20-19-13-7-24-16(23)17-13/h3-5,12H,6-7H2,1-2H3,(H,17,19,23)(H,18,20,22). The number of thioether (sulfide) groups is 2. The number of rotatable bonds is 4. The van der Waals surface area contributed by atoms with Crippen molar-refractivity contribution in [3.05, 3.63) is 34.9 Å². The molecule has 7 nitrogen and oxygen atoms in total. The average Bonchev–Trinajstić information content (AvgIpc) is 3.11. The maximum Gasteiger partial charge on any atom is 0.284 e. The van der Waals surface area contributed by atoms with Gasteiger partial charge in [-0.15, -0.1) is 10.2 Å². The zero-order valence-electron chi connectivity index (χ0n) is 13.7. The lowest BCUT2D eigenvalue weighted by Gasteiger charge is -2.08. The topological polar surface area (TPSA) is 100.0 Å². The molecule has 0 aromatic heterocycles. The van der Waals surface area contributed by atoms with Gasteiger partial charge in [-0.05, 0) is 19.4 Å². The van der Waals surface area contributed by atoms with Crippen LogP contribution in [0.4, 0.5) is 4.79 Å². The normalized spacial score (nSPS) is 23.2. The Labute approximate surface area is 153 Å². The highest BCUT2D eigenvalue weighted by Gasteiger charge is 2.32. The van der Waals surface area contributed by atoms with Crippen molar-refractivity contribution in [3.63, 3.8) is 0 Å². The van der Waals surface area contributed by atoms with Gasteiger partial charge in [-0.2, -0.15) is 0 Å². The molecule has 0 spiro atoms. The molecule has 0 saturated carbocycles. The van der Waals surface area contributed by atoms with E-state index < -0.39 is 5.25 Å². The van der Waals surface area contributed by atoms with Crippen molar-refractivity contribution < 1.29 is 14.4 Å². The molecule has 3 rings (SSSR count). The maximum absolute atomic E-state index is 12.5. The van der Waals surface area contributed by atoms with Crippen LogP contribution >= 0.6 is 23.5 Å². The zero-order valence-corrected chi connectivity index (χ0v) is 15.3. The van der Waals surface area contributed by atoms with Crippen LogP contribution in [0.15, 0.2) is 28.4 Å². The maximum atomic E-state index is 12.5. The number of amidine groups is 2. The molecule has 2 N–H and O–H groups in total. The summed E-state index contributed by atoms with van der Waals surface area (Å²) in [7, 11) is 0. The molecule has 2 aliphatic heterocycles. The second-order valence-corrected chi connectivity index (χ2v) is 7.83. The average molecular weight is 376 g/mol. The quantitative estimate of drug-likeness (QED) is 0.620. The predicted molar refractivity (Wildman–Crippen MR) is 100 cm³/mol. The molecule has 9 heteroatoms. The molecule has 25 heavy (non-hydrogen) atoms. The van der Waals surface area contributed by atoms with Crippen molar-refractivity contribution in [1.82, 2.24) is 10.6 Å². The van der Waals surface area contributed by atoms with Gasteiger partial charge in [-0.25, -0.2) is 0 Å². The minimum atomic E-state index is -0.528. The van der Waals surface area contributed by atoms with Gasteiger partial charge < -0.3 is 10.6 Å². The Hall–Kier alpha value is -2.13. The van der Waals surface area contributed by atoms with Crippen LogP contribution in [0.3, 0.4) is 0 Å². The molecule has 1 unspecified atom stereocenters. The first kappa shape index (κ1) is 17.7. The van der Waals surface area contributed by atoms with E-state index in [9.17, 15) is 14.4 Å². The summed E-state index contributed by atoms with van der Waals surface area (Å²) in [6, 6.07) is 5.64. The lowest BCUT2D eigenvalue weighted by atomic mass is 9.99. The van der Waals surface area contributed by atoms with Crippen molar-refractivity contribution in [2.45, 2.75) is 25.5 Å². The fourth-order valence-electron chi connectivity index (χ4n) is 2.47. The zero-order chi connectivity index (χ0) is 18.0. The van der Waals surface area contributed by atoms with Crippen LogP contribution < -0.4 is 10.6 Å². The summed E-state index contributed by atoms with van der Waals surface area (Å²) in [5, 5.41) is 12.7. The van der Waals surface area contributed by atoms with Gasteiger partial charge in [-0.1, -0.05) is 47.3 Å². The van der Waals surface area contributed by atoms with Gasteiger partial charge in [0.2, 0.25) is 5.91 Å². The van der Waals surface area contributed by atoms with Gasteiger partial charge in [0.15, 0.2) is 11.0 Å². The number of hydrogen-bond acceptors (Lipinski definition) is 7. The molecule has 0 aliphatic carbocycles. The number of benzene rings is 1. The molecule has 1 aromatic carbocycles. The smallest absolute Gasteiger partial charge is 0.284 e. The number of ketones is 1. The molecule has 2 saturated heterocycles. The van der Waals surface area contributed by atoms with Crippen molar-refractivity contribution >= 4 is 51.5 Å². The SMILES string of the molecule is Cc1ccc(C(=O)CC2S/C(=N\N=C3\CSC(=O)N3)NC2=O)c(C)c1. The lowest BCUT2D eigenvalue weighted by molar-refractivity contribution is -0.118. The van der Waals surface area contributed by atoms with Gasteiger partial charge in [0.25, 0.3) is 5.24 Å². The molecule has 2 amide bonds. The van der Waals surface area contributed by atoms with Gasteiger partial charge in [-0.3, -0.25) is 14.4 Å². The number of nitrogens with zero attached hydrogens (tertiary/aromatic N) is 2. The summed E-state index contributed by atoms with van der Waals surface area (Å²) in [6.45, 7) is 3.86. The molecular weight excluding hydrogens is 360 g/mol. The number of hydrogen-bond donors (Lipinski definition) is 2. The number of carbonyl (C=O) groups excluding carboxylic acids is 3. The van der Waals surface area contributed by atoms with E-state index in [1.165, 1.54) is 11.8 Å². The third-order valence-electron chi connectivity index (χ3n) is 3.68. The number of amides is 2. The summed E-state index contributed by atoms with van der Waals surface area (Å²) in [5.41, 5.74) is 2.63. The highest BCUT2D eigenvalue weighted by atomic mass is 32.2. The molecule has 130 valence electrons. The predicted octanol–water partition coefficient (Wildman–Crippen LogP) is 2.23. The van der Waals surface area contributed by atoms with Crippen LogP contribution in [0, 0.1) is 13.8 Å². The molecule has 2 heterocycles. The first-order valence-electron chi connectivity index (χ1n) is 7.58. The van der Waals surface area contributed by atoms with Gasteiger partial charge >= 0.3 is 0 Å². The summed E-state index contributed by atoms with van der Waals surface area (Å²) in [5.74, 6) is 0.555. The number of aryl methyl sites for hydroxylation is 2. The van der Waals surface area contributed by atoms with Crippen molar-refractivity contribution in [3.8, 4) is 0 Å². The minimum absolute atomic E-state index is 0.0721. The molecule has 2 aliphatic rings. The van der Waals surface area contributed by atoms with E-state index in [1.807, 2.05) is 26.0 Å². The van der Waals surface area contributed by atoms with E-state index in [0.29, 0.717) is 22.3 Å². The molecule has 1 aromatic rings. The van der Waals surface area contributed by atoms with Crippen LogP contribution in [0.25, 0.3) is 0 Å². The largest absolute Gasteiger partial charge is 0.303 e. The molecule has 0 bridgehead atoms. The Balaban J connectivity index is 1.65. The first-order valence-corrected chi connectivity index (χ1v) is 9.45. The van der Waals surface area contributed by atoms with Gasteiger partial charge in [0, 0.05) is 12.0 Å². The third-order valence-corrected chi connectivity index (χ3v) is 5.53. The molecule has 2 fully saturated rings. The van der Waals surface area contributed by atoms with E-state index in [0.717, 1.165) is 22.9 Å². The Bertz CT molecular complexity index is 820. The van der Waals surface area contributed by atoms with Gasteiger partial charge in [0.1, 0.15) is 5.84 Å². The lowest BCUT2D eigenvalue weighted by Crippen LogP contribution is -2.26. The third kappa shape index (κ3) is 4.29. The van der Waals surface area contributed by atoms with E-state index in [2.05, 4.69) is 20.8 Å². The van der Waals surface area contributed by atoms with E-state index in [1.54, 1.807) is 6.07 Å². The van der Waals surface area contributed by atoms with Crippen LogP contribution in [0.1, 0.15) is 27.9 Å². The highest BCUT2D eigenvalue weighted by Crippen LogP contribution is 2.25. The number of nitrogens with one attached hydrogen (secondary N) is 2. The molecular formula is C16H16N4O3S2. The minimum Gasteiger partial charge on any atom is -0.303 e. The Morgan fingerprint density at radius 1 is 1.24 bits per heavy atom. The number of Topliss-reactive ketones (excluding diaryl/α,β-unsaturated/α-hetero) is 1. The van der Waals surface area contributed by atoms with Crippen LogP contribution in [0.5, 0.6) is 0 Å². The van der Waals surface area contributed by atoms with Crippen LogP contribution in [-0.4, -0.2) is 38.9 Å². The summed E-state index contributed by atoms with van der Waals surface area (Å²) in [4.78, 5) is 35.6. The van der Waals surface area contributed by atoms with E-state index in [4.69, 9.17) is 0 Å². The molecule has 1 atom stereocenters. The Morgan fingerprint density at radius 2 is 2.04 bits per heavy atom. The molecule has 0 radical (unpaired) electrons. The van der Waals surface area contributed by atoms with Crippen molar-refractivity contribution in [2.75, 3.05) is 5.75 Å². The van der Waals surface area contributed by atoms with Gasteiger partial charge in [0.05, 0.1) is 11.0 Å². The highest BCUT2D eigenvalue weighted by molar-refractivity contribution is 8.15. The van der Waals surface area contributed by atoms with Crippen LogP contribution in [0.2, 0.25) is 0 Å². The summed E-state index contributed by atoms with van der Waals surface area (Å²) in [6.07, 6.45) is 0.0998. The van der Waals surface area contributed by atoms with Crippen molar-refractivity contribution in [1.29, 1.82) is 0 Å². The van der Waals surface area contributed by atoms with E-state index >= 15 is 0 Å². The Morgan fingerprint density at radius 3 is 2.72 bits per heavy atom. The monoisotopic (exact) mass is 376 g/mol. The summed E-state index contributed by atoms with van der Waals surface area (Å²) < 4.78 is 0. The fraction of sp³-hybridized carbons (Fsp3) is 0.312. The first-order chi connectivity index (χ1) is 11.9. The Kier molecular flexibility index (Phi) is 5.24. The number of carbonyl (C=O) groups is 3. The van der Waals surface area contributed by atoms with Crippen molar-refractivity contribution in [2.24, 2.45) is 10.2 Å². The van der Waals surface area contributed by atoms with E-state index in [-0.39, 0.29) is 23.4 Å². The van der Waals surface area contributed by atoms with Crippen LogP contribution in [-0.2, 0) is 4.79 Å². The summed E-state index contributed by atoms with van der Waals surface area (Å²) >= 11 is 2.29. The second kappa shape index (κ2) is 7.40. The second-order valence-electron chi connectivity index (χ2n) is 5.69. The fourth-order valence-corrected chi connectivity index (χ4v) is 3.98.